The molecule has 5 heteroatoms. The predicted molar refractivity (Wildman–Crippen MR) is 111 cm³/mol. The summed E-state index contributed by atoms with van der Waals surface area (Å²) in [5, 5.41) is 0. The molecule has 1 N–H and O–H groups in total. The third-order valence-corrected chi connectivity index (χ3v) is 6.02. The number of hydrogen-bond acceptors (Lipinski definition) is 3. The molecule has 0 bridgehead atoms. The highest BCUT2D eigenvalue weighted by atomic mass is 16.6. The molecule has 0 radical (unpaired) electrons. The largest absolute Gasteiger partial charge is 0.448 e. The zero-order valence-electron chi connectivity index (χ0n) is 16.0. The van der Waals surface area contributed by atoms with Crippen molar-refractivity contribution in [1.29, 1.82) is 0 Å². The number of likely N-dealkylation sites (tertiary alicyclic amines) is 1. The fraction of sp³-hybridized carbons (Fsp3) is 0.250. The van der Waals surface area contributed by atoms with Crippen molar-refractivity contribution in [3.8, 4) is 11.1 Å². The van der Waals surface area contributed by atoms with Gasteiger partial charge in [-0.05, 0) is 40.7 Å². The second-order valence-electron chi connectivity index (χ2n) is 7.64. The summed E-state index contributed by atoms with van der Waals surface area (Å²) in [6.45, 7) is 0.988. The molecule has 5 rings (SSSR count). The van der Waals surface area contributed by atoms with Crippen molar-refractivity contribution in [2.24, 2.45) is 0 Å². The summed E-state index contributed by atoms with van der Waals surface area (Å²) in [5.41, 5.74) is 5.66. The molecule has 2 aromatic carbocycles. The first-order valence-corrected chi connectivity index (χ1v) is 10.0. The van der Waals surface area contributed by atoms with Gasteiger partial charge in [0, 0.05) is 24.7 Å². The van der Waals surface area contributed by atoms with Crippen LogP contribution in [0.4, 0.5) is 4.79 Å². The van der Waals surface area contributed by atoms with Crippen molar-refractivity contribution in [1.82, 2.24) is 9.88 Å². The molecule has 5 nitrogen and oxygen atoms in total. The van der Waals surface area contributed by atoms with E-state index in [2.05, 4.69) is 29.2 Å². The minimum atomic E-state index is -0.291. The molecular weight excluding hydrogens is 364 g/mol. The molecule has 0 saturated carbocycles. The van der Waals surface area contributed by atoms with E-state index in [4.69, 9.17) is 4.74 Å². The molecule has 1 aromatic heterocycles. The Hall–Kier alpha value is -3.34. The zero-order valence-corrected chi connectivity index (χ0v) is 16.0. The van der Waals surface area contributed by atoms with Crippen LogP contribution < -0.4 is 5.56 Å². The summed E-state index contributed by atoms with van der Waals surface area (Å²) in [4.78, 5) is 28.7. The molecule has 1 fully saturated rings. The lowest BCUT2D eigenvalue weighted by Crippen LogP contribution is -2.32. The molecule has 1 unspecified atom stereocenters. The Kier molecular flexibility index (Phi) is 4.43. The number of pyridine rings is 1. The third kappa shape index (κ3) is 3.12. The number of carbonyl (C=O) groups excluding carboxylic acids is 1. The quantitative estimate of drug-likeness (QED) is 0.723. The van der Waals surface area contributed by atoms with Gasteiger partial charge in [0.15, 0.2) is 0 Å². The van der Waals surface area contributed by atoms with E-state index in [1.165, 1.54) is 28.3 Å². The first-order chi connectivity index (χ1) is 14.2. The summed E-state index contributed by atoms with van der Waals surface area (Å²) >= 11 is 0. The van der Waals surface area contributed by atoms with Gasteiger partial charge in [-0.1, -0.05) is 54.6 Å². The number of amides is 1. The number of nitrogens with one attached hydrogen (secondary N) is 1. The Morgan fingerprint density at radius 1 is 1.00 bits per heavy atom. The zero-order chi connectivity index (χ0) is 19.8. The van der Waals surface area contributed by atoms with Crippen molar-refractivity contribution in [2.75, 3.05) is 13.2 Å². The maximum absolute atomic E-state index is 12.9. The Bertz CT molecular complexity index is 1050. The number of benzene rings is 2. The Morgan fingerprint density at radius 2 is 1.69 bits per heavy atom. The Balaban J connectivity index is 1.34. The summed E-state index contributed by atoms with van der Waals surface area (Å²) in [5.74, 6) is 0.0560. The number of rotatable bonds is 3. The fourth-order valence-electron chi connectivity index (χ4n) is 4.64. The smallest absolute Gasteiger partial charge is 0.410 e. The van der Waals surface area contributed by atoms with E-state index < -0.39 is 0 Å². The van der Waals surface area contributed by atoms with Crippen LogP contribution in [0.15, 0.2) is 71.7 Å². The van der Waals surface area contributed by atoms with Gasteiger partial charge in [-0.25, -0.2) is 4.79 Å². The lowest BCUT2D eigenvalue weighted by molar-refractivity contribution is 0.0955. The van der Waals surface area contributed by atoms with Gasteiger partial charge < -0.3 is 14.6 Å². The molecule has 1 aliphatic heterocycles. The van der Waals surface area contributed by atoms with Gasteiger partial charge in [-0.3, -0.25) is 4.79 Å². The van der Waals surface area contributed by atoms with Crippen molar-refractivity contribution in [3.63, 3.8) is 0 Å². The summed E-state index contributed by atoms with van der Waals surface area (Å²) in [6, 6.07) is 19.9. The number of H-pyrrole nitrogens is 1. The third-order valence-electron chi connectivity index (χ3n) is 6.02. The van der Waals surface area contributed by atoms with Crippen LogP contribution in [-0.2, 0) is 4.74 Å². The second kappa shape index (κ2) is 7.24. The van der Waals surface area contributed by atoms with Gasteiger partial charge in [0.2, 0.25) is 5.56 Å². The highest BCUT2D eigenvalue weighted by Crippen LogP contribution is 2.44. The van der Waals surface area contributed by atoms with Gasteiger partial charge in [-0.2, -0.15) is 0 Å². The summed E-state index contributed by atoms with van der Waals surface area (Å²) in [6.07, 6.45) is 3.20. The van der Waals surface area contributed by atoms with Crippen LogP contribution in [0.2, 0.25) is 0 Å². The van der Waals surface area contributed by atoms with Gasteiger partial charge in [0.05, 0.1) is 6.04 Å². The summed E-state index contributed by atoms with van der Waals surface area (Å²) in [7, 11) is 0. The van der Waals surface area contributed by atoms with Crippen molar-refractivity contribution >= 4 is 6.09 Å². The lowest BCUT2D eigenvalue weighted by Gasteiger charge is -2.25. The predicted octanol–water partition coefficient (Wildman–Crippen LogP) is 4.46. The molecule has 0 spiro atoms. The van der Waals surface area contributed by atoms with Gasteiger partial charge in [0.1, 0.15) is 6.61 Å². The summed E-state index contributed by atoms with van der Waals surface area (Å²) < 4.78 is 5.81. The SMILES string of the molecule is O=C(OCC1c2ccccc2-c2ccccc21)N1CCCC1c1ccc(=O)[nH]c1. The van der Waals surface area contributed by atoms with Crippen molar-refractivity contribution < 1.29 is 9.53 Å². The van der Waals surface area contributed by atoms with E-state index in [9.17, 15) is 9.59 Å². The number of aromatic nitrogens is 1. The molecule has 1 saturated heterocycles. The molecule has 2 heterocycles. The molecule has 2 aliphatic rings. The minimum absolute atomic E-state index is 0.0532. The maximum atomic E-state index is 12.9. The van der Waals surface area contributed by atoms with Crippen molar-refractivity contribution in [3.05, 3.63) is 93.9 Å². The number of fused-ring (bicyclic) bond motifs is 3. The van der Waals surface area contributed by atoms with E-state index in [0.717, 1.165) is 18.4 Å². The number of nitrogens with zero attached hydrogens (tertiary/aromatic N) is 1. The van der Waals surface area contributed by atoms with E-state index in [-0.39, 0.29) is 23.6 Å². The van der Waals surface area contributed by atoms with Gasteiger partial charge >= 0.3 is 6.09 Å². The lowest BCUT2D eigenvalue weighted by atomic mass is 9.98. The molecule has 1 atom stereocenters. The highest BCUT2D eigenvalue weighted by molar-refractivity contribution is 5.79. The number of carbonyl (C=O) groups is 1. The first-order valence-electron chi connectivity index (χ1n) is 10.0. The topological polar surface area (TPSA) is 62.4 Å². The van der Waals surface area contributed by atoms with Crippen LogP contribution in [0, 0.1) is 0 Å². The molecule has 1 aliphatic carbocycles. The number of aromatic amines is 1. The molecule has 146 valence electrons. The van der Waals surface area contributed by atoms with Crippen LogP contribution in [0.1, 0.15) is 41.5 Å². The van der Waals surface area contributed by atoms with Crippen molar-refractivity contribution in [2.45, 2.75) is 24.8 Å². The molecular formula is C24H22N2O3. The normalized spacial score (nSPS) is 17.8. The highest BCUT2D eigenvalue weighted by Gasteiger charge is 2.33. The molecule has 29 heavy (non-hydrogen) atoms. The monoisotopic (exact) mass is 386 g/mol. The Labute approximate surface area is 169 Å². The fourth-order valence-corrected chi connectivity index (χ4v) is 4.64. The van der Waals surface area contributed by atoms with Crippen LogP contribution in [0.25, 0.3) is 11.1 Å². The first kappa shape index (κ1) is 17.7. The molecule has 3 aromatic rings. The molecule has 1 amide bonds. The average Bonchev–Trinajstić information content (AvgIpc) is 3.36. The number of ether oxygens (including phenoxy) is 1. The van der Waals surface area contributed by atoms with Gasteiger partial charge in [0.25, 0.3) is 0 Å². The van der Waals surface area contributed by atoms with E-state index >= 15 is 0 Å². The Morgan fingerprint density at radius 3 is 2.34 bits per heavy atom. The van der Waals surface area contributed by atoms with Gasteiger partial charge in [-0.15, -0.1) is 0 Å². The van der Waals surface area contributed by atoms with Crippen LogP contribution in [-0.4, -0.2) is 29.1 Å². The van der Waals surface area contributed by atoms with E-state index in [1.54, 1.807) is 17.2 Å². The van der Waals surface area contributed by atoms with Crippen LogP contribution >= 0.6 is 0 Å². The van der Waals surface area contributed by atoms with Crippen LogP contribution in [0.3, 0.4) is 0 Å². The second-order valence-corrected chi connectivity index (χ2v) is 7.64. The minimum Gasteiger partial charge on any atom is -0.448 e. The average molecular weight is 386 g/mol. The van der Waals surface area contributed by atoms with E-state index in [1.807, 2.05) is 24.3 Å². The van der Waals surface area contributed by atoms with Crippen LogP contribution in [0.5, 0.6) is 0 Å². The maximum Gasteiger partial charge on any atom is 0.410 e. The number of hydrogen-bond donors (Lipinski definition) is 1. The van der Waals surface area contributed by atoms with E-state index in [0.29, 0.717) is 13.2 Å². The standard InChI is InChI=1S/C24H22N2O3/c27-23-12-11-16(14-25-23)22-10-5-13-26(22)24(28)29-15-21-19-8-3-1-6-17(19)18-7-2-4-9-20(18)21/h1-4,6-9,11-12,14,21-22H,5,10,13,15H2,(H,25,27).